The van der Waals surface area contributed by atoms with E-state index in [4.69, 9.17) is 4.74 Å². The lowest BCUT2D eigenvalue weighted by Gasteiger charge is -2.25. The molecule has 1 aliphatic rings. The van der Waals surface area contributed by atoms with Crippen molar-refractivity contribution in [1.82, 2.24) is 14.9 Å². The van der Waals surface area contributed by atoms with Gasteiger partial charge in [-0.15, -0.1) is 11.3 Å². The topological polar surface area (TPSA) is 101 Å². The molecule has 0 spiro atoms. The number of hydrogen-bond acceptors (Lipinski definition) is 7. The van der Waals surface area contributed by atoms with E-state index in [2.05, 4.69) is 15.3 Å². The van der Waals surface area contributed by atoms with Crippen molar-refractivity contribution in [2.75, 3.05) is 19.0 Å². The van der Waals surface area contributed by atoms with Crippen LogP contribution in [0.2, 0.25) is 0 Å². The first-order valence-corrected chi connectivity index (χ1v) is 9.80. The molecule has 3 heterocycles. The second kappa shape index (κ2) is 7.59. The Morgan fingerprint density at radius 2 is 1.93 bits per heavy atom. The SMILES string of the molecule is COC(=O)c1c(NC(=O)c2ccc3nccnc3c2)sc2c1CCN(C(C)=O)C2. The highest BCUT2D eigenvalue weighted by molar-refractivity contribution is 7.17. The fourth-order valence-electron chi connectivity index (χ4n) is 3.36. The molecule has 0 atom stereocenters. The van der Waals surface area contributed by atoms with Gasteiger partial charge in [-0.1, -0.05) is 0 Å². The van der Waals surface area contributed by atoms with Gasteiger partial charge in [-0.3, -0.25) is 19.6 Å². The minimum absolute atomic E-state index is 0.0217. The molecular formula is C20H18N4O4S. The third-order valence-electron chi connectivity index (χ3n) is 4.85. The standard InChI is InChI=1S/C20H18N4O4S/c1-11(25)24-8-5-13-16(10-24)29-19(17(13)20(27)28-2)23-18(26)12-3-4-14-15(9-12)22-7-6-21-14/h3-4,6-7,9H,5,8,10H2,1-2H3,(H,23,26). The summed E-state index contributed by atoms with van der Waals surface area (Å²) in [4.78, 5) is 48.0. The number of fused-ring (bicyclic) bond motifs is 2. The maximum Gasteiger partial charge on any atom is 0.341 e. The van der Waals surface area contributed by atoms with E-state index in [9.17, 15) is 14.4 Å². The zero-order valence-corrected chi connectivity index (χ0v) is 16.7. The van der Waals surface area contributed by atoms with Gasteiger partial charge in [0.05, 0.1) is 30.3 Å². The van der Waals surface area contributed by atoms with Crippen molar-refractivity contribution in [1.29, 1.82) is 0 Å². The summed E-state index contributed by atoms with van der Waals surface area (Å²) in [6.45, 7) is 2.46. The largest absolute Gasteiger partial charge is 0.465 e. The summed E-state index contributed by atoms with van der Waals surface area (Å²) in [6, 6.07) is 5.04. The number of ether oxygens (including phenoxy) is 1. The number of carbonyl (C=O) groups is 3. The lowest BCUT2D eigenvalue weighted by Crippen LogP contribution is -2.33. The number of nitrogens with one attached hydrogen (secondary N) is 1. The van der Waals surface area contributed by atoms with Crippen LogP contribution in [-0.4, -0.2) is 46.3 Å². The third-order valence-corrected chi connectivity index (χ3v) is 5.98. The van der Waals surface area contributed by atoms with Crippen molar-refractivity contribution in [2.45, 2.75) is 19.9 Å². The minimum Gasteiger partial charge on any atom is -0.465 e. The summed E-state index contributed by atoms with van der Waals surface area (Å²) >= 11 is 1.30. The highest BCUT2D eigenvalue weighted by Gasteiger charge is 2.30. The molecule has 1 aromatic carbocycles. The first-order valence-electron chi connectivity index (χ1n) is 8.98. The van der Waals surface area contributed by atoms with Crippen molar-refractivity contribution in [2.24, 2.45) is 0 Å². The Bertz CT molecular complexity index is 1140. The summed E-state index contributed by atoms with van der Waals surface area (Å²) in [5.74, 6) is -0.880. The zero-order chi connectivity index (χ0) is 20.5. The van der Waals surface area contributed by atoms with Gasteiger partial charge < -0.3 is 15.0 Å². The molecule has 29 heavy (non-hydrogen) atoms. The van der Waals surface area contributed by atoms with E-state index in [-0.39, 0.29) is 11.8 Å². The van der Waals surface area contributed by atoms with Gasteiger partial charge in [0.25, 0.3) is 5.91 Å². The van der Waals surface area contributed by atoms with E-state index < -0.39 is 5.97 Å². The molecule has 1 aliphatic heterocycles. The van der Waals surface area contributed by atoms with E-state index in [0.717, 1.165) is 10.4 Å². The smallest absolute Gasteiger partial charge is 0.341 e. The molecule has 0 radical (unpaired) electrons. The van der Waals surface area contributed by atoms with Crippen LogP contribution in [0.4, 0.5) is 5.00 Å². The first-order chi connectivity index (χ1) is 14.0. The van der Waals surface area contributed by atoms with E-state index in [1.165, 1.54) is 25.4 Å². The monoisotopic (exact) mass is 410 g/mol. The molecule has 0 aliphatic carbocycles. The molecular weight excluding hydrogens is 392 g/mol. The van der Waals surface area contributed by atoms with E-state index in [1.807, 2.05) is 0 Å². The van der Waals surface area contributed by atoms with Crippen molar-refractivity contribution < 1.29 is 19.1 Å². The molecule has 4 rings (SSSR count). The summed E-state index contributed by atoms with van der Waals surface area (Å²) in [5.41, 5.74) is 2.90. The molecule has 2 aromatic heterocycles. The average Bonchev–Trinajstić information content (AvgIpc) is 3.09. The zero-order valence-electron chi connectivity index (χ0n) is 15.9. The van der Waals surface area contributed by atoms with Crippen LogP contribution in [0.3, 0.4) is 0 Å². The molecule has 0 fully saturated rings. The van der Waals surface area contributed by atoms with Crippen LogP contribution in [0.1, 0.15) is 38.1 Å². The van der Waals surface area contributed by atoms with E-state index >= 15 is 0 Å². The van der Waals surface area contributed by atoms with Gasteiger partial charge in [0.1, 0.15) is 5.00 Å². The number of nitrogens with zero attached hydrogens (tertiary/aromatic N) is 3. The maximum atomic E-state index is 12.8. The second-order valence-corrected chi connectivity index (χ2v) is 7.71. The number of rotatable bonds is 3. The van der Waals surface area contributed by atoms with Gasteiger partial charge in [0, 0.05) is 36.3 Å². The normalized spacial score (nSPS) is 13.1. The fourth-order valence-corrected chi connectivity index (χ4v) is 4.60. The lowest BCUT2D eigenvalue weighted by molar-refractivity contribution is -0.129. The van der Waals surface area contributed by atoms with Crippen LogP contribution >= 0.6 is 11.3 Å². The number of esters is 1. The molecule has 148 valence electrons. The fraction of sp³-hybridized carbons (Fsp3) is 0.250. The third kappa shape index (κ3) is 3.56. The Labute approximate surface area is 170 Å². The van der Waals surface area contributed by atoms with Crippen LogP contribution in [-0.2, 0) is 22.5 Å². The van der Waals surface area contributed by atoms with Crippen LogP contribution in [0.25, 0.3) is 11.0 Å². The minimum atomic E-state index is -0.501. The molecule has 8 nitrogen and oxygen atoms in total. The predicted octanol–water partition coefficient (Wildman–Crippen LogP) is 2.63. The Kier molecular flexibility index (Phi) is 4.98. The summed E-state index contributed by atoms with van der Waals surface area (Å²) in [7, 11) is 1.31. The Morgan fingerprint density at radius 3 is 2.66 bits per heavy atom. The number of thiophene rings is 1. The molecule has 0 saturated heterocycles. The van der Waals surface area contributed by atoms with Gasteiger partial charge in [-0.2, -0.15) is 0 Å². The van der Waals surface area contributed by atoms with Crippen molar-refractivity contribution >= 4 is 45.2 Å². The Balaban J connectivity index is 1.67. The van der Waals surface area contributed by atoms with Gasteiger partial charge in [0.15, 0.2) is 0 Å². The number of carbonyl (C=O) groups excluding carboxylic acids is 3. The van der Waals surface area contributed by atoms with Gasteiger partial charge in [-0.05, 0) is 30.2 Å². The average molecular weight is 410 g/mol. The number of aromatic nitrogens is 2. The molecule has 2 amide bonds. The van der Waals surface area contributed by atoms with Gasteiger partial charge in [0.2, 0.25) is 5.91 Å². The molecule has 0 unspecified atom stereocenters. The number of hydrogen-bond donors (Lipinski definition) is 1. The van der Waals surface area contributed by atoms with Gasteiger partial charge >= 0.3 is 5.97 Å². The molecule has 0 saturated carbocycles. The lowest BCUT2D eigenvalue weighted by atomic mass is 10.0. The van der Waals surface area contributed by atoms with Crippen molar-refractivity contribution in [3.8, 4) is 0 Å². The number of methoxy groups -OCH3 is 1. The number of anilines is 1. The van der Waals surface area contributed by atoms with Crippen LogP contribution in [0.15, 0.2) is 30.6 Å². The number of benzene rings is 1. The molecule has 3 aromatic rings. The quantitative estimate of drug-likeness (QED) is 0.666. The highest BCUT2D eigenvalue weighted by atomic mass is 32.1. The summed E-state index contributed by atoms with van der Waals surface area (Å²) in [6.07, 6.45) is 3.69. The summed E-state index contributed by atoms with van der Waals surface area (Å²) in [5, 5.41) is 3.26. The van der Waals surface area contributed by atoms with Crippen LogP contribution in [0, 0.1) is 0 Å². The van der Waals surface area contributed by atoms with Crippen molar-refractivity contribution in [3.05, 3.63) is 52.2 Å². The van der Waals surface area contributed by atoms with E-state index in [1.54, 1.807) is 35.5 Å². The van der Waals surface area contributed by atoms with Crippen LogP contribution in [0.5, 0.6) is 0 Å². The predicted molar refractivity (Wildman–Crippen MR) is 108 cm³/mol. The molecule has 1 N–H and O–H groups in total. The highest BCUT2D eigenvalue weighted by Crippen LogP contribution is 2.38. The van der Waals surface area contributed by atoms with Crippen LogP contribution < -0.4 is 5.32 Å². The summed E-state index contributed by atoms with van der Waals surface area (Å²) < 4.78 is 4.94. The molecule has 0 bridgehead atoms. The first kappa shape index (κ1) is 19.0. The Morgan fingerprint density at radius 1 is 1.17 bits per heavy atom. The van der Waals surface area contributed by atoms with Gasteiger partial charge in [-0.25, -0.2) is 4.79 Å². The Hall–Kier alpha value is -3.33. The number of amides is 2. The van der Waals surface area contributed by atoms with Crippen molar-refractivity contribution in [3.63, 3.8) is 0 Å². The molecule has 9 heteroatoms. The maximum absolute atomic E-state index is 12.8. The second-order valence-electron chi connectivity index (χ2n) is 6.60. The van der Waals surface area contributed by atoms with E-state index in [0.29, 0.717) is 46.7 Å².